The van der Waals surface area contributed by atoms with Crippen LogP contribution in [0.3, 0.4) is 0 Å². The predicted octanol–water partition coefficient (Wildman–Crippen LogP) is 2.75. The van der Waals surface area contributed by atoms with Crippen molar-refractivity contribution in [3.05, 3.63) is 31.9 Å². The van der Waals surface area contributed by atoms with Crippen LogP contribution in [0, 0.1) is 6.92 Å². The largest absolute Gasteiger partial charge is 0.383 e. The summed E-state index contributed by atoms with van der Waals surface area (Å²) in [5.41, 5.74) is 6.16. The standard InChI is InChI=1S/C19H27N5O3S2/c1-3-4-9-23-16(20)15(17(26)22-18(23)27)24(13-7-5-6-8-13)14(25)11-29-19-21-12(2)10-28-19/h10,13H,3-9,11,20H2,1-2H3,(H,22,26,27). The molecule has 10 heteroatoms. The topological polar surface area (TPSA) is 114 Å². The fourth-order valence-electron chi connectivity index (χ4n) is 3.61. The quantitative estimate of drug-likeness (QED) is 0.614. The first-order chi connectivity index (χ1) is 13.9. The van der Waals surface area contributed by atoms with Crippen molar-refractivity contribution in [2.24, 2.45) is 0 Å². The van der Waals surface area contributed by atoms with Crippen molar-refractivity contribution in [3.8, 4) is 0 Å². The highest BCUT2D eigenvalue weighted by Gasteiger charge is 2.32. The molecule has 1 amide bonds. The van der Waals surface area contributed by atoms with Crippen LogP contribution in [0.25, 0.3) is 0 Å². The van der Waals surface area contributed by atoms with E-state index in [1.165, 1.54) is 32.6 Å². The van der Waals surface area contributed by atoms with Crippen LogP contribution in [0.4, 0.5) is 11.5 Å². The maximum Gasteiger partial charge on any atom is 0.330 e. The number of hydrogen-bond donors (Lipinski definition) is 2. The zero-order chi connectivity index (χ0) is 21.0. The summed E-state index contributed by atoms with van der Waals surface area (Å²) in [6.45, 7) is 4.33. The molecule has 0 radical (unpaired) electrons. The Morgan fingerprint density at radius 1 is 1.41 bits per heavy atom. The van der Waals surface area contributed by atoms with Crippen LogP contribution in [0.2, 0.25) is 0 Å². The number of nitrogens with one attached hydrogen (secondary N) is 1. The summed E-state index contributed by atoms with van der Waals surface area (Å²) in [6, 6.07) is -0.0818. The lowest BCUT2D eigenvalue weighted by atomic mass is 10.2. The number of carbonyl (C=O) groups is 1. The van der Waals surface area contributed by atoms with Crippen molar-refractivity contribution < 1.29 is 4.79 Å². The molecule has 0 aliphatic heterocycles. The number of aryl methyl sites for hydroxylation is 1. The molecule has 3 rings (SSSR count). The van der Waals surface area contributed by atoms with Gasteiger partial charge in [0, 0.05) is 23.7 Å². The number of thioether (sulfide) groups is 1. The van der Waals surface area contributed by atoms with E-state index in [1.807, 2.05) is 19.2 Å². The first kappa shape index (κ1) is 21.6. The minimum absolute atomic E-state index is 0.0718. The number of hydrogen-bond acceptors (Lipinski definition) is 7. The molecule has 2 aromatic rings. The number of H-pyrrole nitrogens is 1. The minimum atomic E-state index is -0.601. The molecule has 2 heterocycles. The second kappa shape index (κ2) is 9.62. The summed E-state index contributed by atoms with van der Waals surface area (Å²) in [4.78, 5) is 46.4. The van der Waals surface area contributed by atoms with Crippen LogP contribution in [0.5, 0.6) is 0 Å². The van der Waals surface area contributed by atoms with Crippen LogP contribution in [0.15, 0.2) is 19.3 Å². The van der Waals surface area contributed by atoms with E-state index in [1.54, 1.807) is 0 Å². The number of aromatic nitrogens is 3. The molecule has 1 aliphatic rings. The van der Waals surface area contributed by atoms with Crippen LogP contribution in [0.1, 0.15) is 51.1 Å². The van der Waals surface area contributed by atoms with Crippen LogP contribution in [-0.4, -0.2) is 32.2 Å². The van der Waals surface area contributed by atoms with Gasteiger partial charge in [0.15, 0.2) is 10.0 Å². The van der Waals surface area contributed by atoms with E-state index in [0.29, 0.717) is 6.54 Å². The lowest BCUT2D eigenvalue weighted by Gasteiger charge is -2.29. The molecule has 8 nitrogen and oxygen atoms in total. The molecular formula is C19H27N5O3S2. The van der Waals surface area contributed by atoms with Gasteiger partial charge >= 0.3 is 5.69 Å². The summed E-state index contributed by atoms with van der Waals surface area (Å²) in [6.07, 6.45) is 5.28. The number of rotatable bonds is 8. The summed E-state index contributed by atoms with van der Waals surface area (Å²) < 4.78 is 2.18. The van der Waals surface area contributed by atoms with Crippen molar-refractivity contribution >= 4 is 40.5 Å². The molecule has 0 aromatic carbocycles. The number of unbranched alkanes of at least 4 members (excludes halogenated alkanes) is 1. The van der Waals surface area contributed by atoms with Gasteiger partial charge in [-0.25, -0.2) is 9.78 Å². The summed E-state index contributed by atoms with van der Waals surface area (Å²) in [5.74, 6) is 0.0475. The molecule has 2 aromatic heterocycles. The number of thiazole rings is 1. The molecule has 1 aliphatic carbocycles. The van der Waals surface area contributed by atoms with Gasteiger partial charge in [0.25, 0.3) is 5.56 Å². The molecule has 0 unspecified atom stereocenters. The molecule has 3 N–H and O–H groups in total. The SMILES string of the molecule is CCCCn1c(N)c(N(C(=O)CSc2nc(C)cs2)C2CCCC2)c(=O)[nH]c1=O. The third-order valence-corrected chi connectivity index (χ3v) is 7.19. The van der Waals surface area contributed by atoms with E-state index >= 15 is 0 Å². The third-order valence-electron chi connectivity index (χ3n) is 5.07. The molecule has 158 valence electrons. The highest BCUT2D eigenvalue weighted by molar-refractivity contribution is 8.01. The number of carbonyl (C=O) groups excluding carboxylic acids is 1. The van der Waals surface area contributed by atoms with Gasteiger partial charge in [-0.2, -0.15) is 0 Å². The Hall–Kier alpha value is -2.07. The van der Waals surface area contributed by atoms with Crippen molar-refractivity contribution in [3.63, 3.8) is 0 Å². The average Bonchev–Trinajstić information content (AvgIpc) is 3.34. The maximum absolute atomic E-state index is 13.2. The Morgan fingerprint density at radius 3 is 2.76 bits per heavy atom. The molecule has 0 bridgehead atoms. The van der Waals surface area contributed by atoms with Gasteiger partial charge in [0.2, 0.25) is 5.91 Å². The molecule has 1 fully saturated rings. The number of aromatic amines is 1. The first-order valence-electron chi connectivity index (χ1n) is 9.92. The smallest absolute Gasteiger partial charge is 0.330 e. The number of anilines is 2. The lowest BCUT2D eigenvalue weighted by molar-refractivity contribution is -0.116. The highest BCUT2D eigenvalue weighted by atomic mass is 32.2. The summed E-state index contributed by atoms with van der Waals surface area (Å²) >= 11 is 2.85. The number of nitrogens with two attached hydrogens (primary N) is 1. The van der Waals surface area contributed by atoms with Gasteiger partial charge in [0.1, 0.15) is 5.82 Å². The minimum Gasteiger partial charge on any atom is -0.383 e. The van der Waals surface area contributed by atoms with E-state index in [9.17, 15) is 14.4 Å². The Balaban J connectivity index is 1.95. The van der Waals surface area contributed by atoms with E-state index in [4.69, 9.17) is 5.73 Å². The summed E-state index contributed by atoms with van der Waals surface area (Å²) in [5, 5.41) is 1.94. The molecular weight excluding hydrogens is 410 g/mol. The molecule has 0 saturated heterocycles. The van der Waals surface area contributed by atoms with Gasteiger partial charge in [-0.1, -0.05) is 37.9 Å². The Morgan fingerprint density at radius 2 is 2.14 bits per heavy atom. The normalized spacial score (nSPS) is 14.4. The molecule has 29 heavy (non-hydrogen) atoms. The van der Waals surface area contributed by atoms with Gasteiger partial charge < -0.3 is 10.6 Å². The van der Waals surface area contributed by atoms with Gasteiger partial charge in [-0.05, 0) is 26.2 Å². The van der Waals surface area contributed by atoms with Gasteiger partial charge in [0.05, 0.1) is 5.75 Å². The molecule has 0 atom stereocenters. The molecule has 1 saturated carbocycles. The Bertz CT molecular complexity index is 975. The van der Waals surface area contributed by atoms with Crippen LogP contribution >= 0.6 is 23.1 Å². The second-order valence-electron chi connectivity index (χ2n) is 7.24. The lowest BCUT2D eigenvalue weighted by Crippen LogP contribution is -2.46. The van der Waals surface area contributed by atoms with E-state index in [2.05, 4.69) is 9.97 Å². The van der Waals surface area contributed by atoms with Crippen LogP contribution in [-0.2, 0) is 11.3 Å². The zero-order valence-electron chi connectivity index (χ0n) is 16.8. The predicted molar refractivity (Wildman–Crippen MR) is 118 cm³/mol. The van der Waals surface area contributed by atoms with Gasteiger partial charge in [-0.15, -0.1) is 11.3 Å². The number of amides is 1. The van der Waals surface area contributed by atoms with Crippen molar-refractivity contribution in [1.82, 2.24) is 14.5 Å². The fourth-order valence-corrected chi connectivity index (χ4v) is 5.32. The van der Waals surface area contributed by atoms with Crippen LogP contribution < -0.4 is 21.9 Å². The zero-order valence-corrected chi connectivity index (χ0v) is 18.4. The third kappa shape index (κ3) is 4.92. The maximum atomic E-state index is 13.2. The first-order valence-corrected chi connectivity index (χ1v) is 11.8. The Kier molecular flexibility index (Phi) is 7.18. The van der Waals surface area contributed by atoms with E-state index < -0.39 is 11.2 Å². The fraction of sp³-hybridized carbons (Fsp3) is 0.579. The average molecular weight is 438 g/mol. The van der Waals surface area contributed by atoms with Crippen molar-refractivity contribution in [2.45, 2.75) is 69.3 Å². The van der Waals surface area contributed by atoms with Gasteiger partial charge in [-0.3, -0.25) is 19.1 Å². The van der Waals surface area contributed by atoms with E-state index in [0.717, 1.165) is 48.6 Å². The second-order valence-corrected chi connectivity index (χ2v) is 9.32. The molecule has 0 spiro atoms. The highest BCUT2D eigenvalue weighted by Crippen LogP contribution is 2.31. The number of nitrogen functional groups attached to an aromatic ring is 1. The Labute approximate surface area is 177 Å². The monoisotopic (exact) mass is 437 g/mol. The number of nitrogens with zero attached hydrogens (tertiary/aromatic N) is 3. The van der Waals surface area contributed by atoms with E-state index in [-0.39, 0.29) is 29.2 Å². The summed E-state index contributed by atoms with van der Waals surface area (Å²) in [7, 11) is 0. The van der Waals surface area contributed by atoms with Crippen molar-refractivity contribution in [2.75, 3.05) is 16.4 Å². The van der Waals surface area contributed by atoms with Crippen molar-refractivity contribution in [1.29, 1.82) is 0 Å².